The lowest BCUT2D eigenvalue weighted by Gasteiger charge is -2.38. The number of halogens is 2. The number of urea groups is 2. The van der Waals surface area contributed by atoms with Crippen LogP contribution in [-0.4, -0.2) is 308 Å². The molecule has 1 saturated carbocycles. The number of nitrogens with two attached hydrogens (primary N) is 2. The van der Waals surface area contributed by atoms with E-state index in [1.54, 1.807) is 83.5 Å². The van der Waals surface area contributed by atoms with Gasteiger partial charge < -0.3 is 105 Å². The highest BCUT2D eigenvalue weighted by atomic mass is 35.5. The molecule has 5 aromatic rings. The number of benzene rings is 5. The van der Waals surface area contributed by atoms with Crippen molar-refractivity contribution < 1.29 is 94.3 Å². The molecule has 2 unspecified atom stereocenters. The van der Waals surface area contributed by atoms with Crippen LogP contribution < -0.4 is 46.4 Å². The second-order valence-corrected chi connectivity index (χ2v) is 37.7. The number of nitrogen functional groups attached to an aromatic ring is 2. The largest absolute Gasteiger partial charge is 0.493 e. The summed E-state index contributed by atoms with van der Waals surface area (Å²) in [7, 11) is -3.71. The maximum atomic E-state index is 12.8. The molecule has 9 aliphatic heterocycles. The van der Waals surface area contributed by atoms with E-state index in [2.05, 4.69) is 25.8 Å². The molecule has 0 radical (unpaired) electrons. The van der Waals surface area contributed by atoms with Gasteiger partial charge in [-0.3, -0.25) is 28.3 Å². The zero-order valence-corrected chi connectivity index (χ0v) is 80.2. The fraction of sp³-hybridized carbons (Fsp3) is 0.608. The number of nitrogens with zero attached hydrogens (tertiary/aromatic N) is 8. The van der Waals surface area contributed by atoms with Crippen molar-refractivity contribution in [1.29, 1.82) is 0 Å². The summed E-state index contributed by atoms with van der Waals surface area (Å²) in [5.74, 6) is 3.35. The fourth-order valence-electron chi connectivity index (χ4n) is 17.5. The number of hydrogen-bond donors (Lipinski definition) is 7. The number of carbonyl (C=O) groups is 8. The van der Waals surface area contributed by atoms with Crippen molar-refractivity contribution in [3.05, 3.63) is 136 Å². The van der Waals surface area contributed by atoms with Crippen molar-refractivity contribution in [3.8, 4) is 23.0 Å². The quantitative estimate of drug-likeness (QED) is 0.0181. The van der Waals surface area contributed by atoms with Crippen LogP contribution in [-0.2, 0) is 38.1 Å². The number of anilines is 2. The van der Waals surface area contributed by atoms with Gasteiger partial charge in [0, 0.05) is 169 Å². The van der Waals surface area contributed by atoms with Crippen LogP contribution in [0.4, 0.5) is 30.6 Å². The van der Waals surface area contributed by atoms with E-state index < -0.39 is 10.1 Å². The number of hydrogen-bond acceptors (Lipinski definition) is 24. The molecule has 1 aliphatic carbocycles. The van der Waals surface area contributed by atoms with Gasteiger partial charge in [0.1, 0.15) is 23.0 Å². The summed E-state index contributed by atoms with van der Waals surface area (Å²) in [6.07, 6.45) is 16.8. The monoisotopic (exact) mass is 1910 g/mol. The first kappa shape index (κ1) is 106. The van der Waals surface area contributed by atoms with Crippen LogP contribution in [0.2, 0.25) is 10.0 Å². The smallest absolute Gasteiger partial charge is 0.415 e. The number of amides is 9. The minimum atomic E-state index is -3.71. The zero-order chi connectivity index (χ0) is 95.0. The predicted molar refractivity (Wildman–Crippen MR) is 508 cm³/mol. The van der Waals surface area contributed by atoms with Crippen molar-refractivity contribution in [2.45, 2.75) is 160 Å². The zero-order valence-electron chi connectivity index (χ0n) is 77.9. The van der Waals surface area contributed by atoms with Gasteiger partial charge in [-0.2, -0.15) is 8.42 Å². The Labute approximate surface area is 794 Å². The first-order valence-electron chi connectivity index (χ1n) is 47.7. The molecule has 2 atom stereocenters. The number of aliphatic hydroxyl groups is 2. The lowest BCUT2D eigenvalue weighted by Crippen LogP contribution is -2.50. The Hall–Kier alpha value is -9.49. The van der Waals surface area contributed by atoms with Gasteiger partial charge in [-0.25, -0.2) is 19.2 Å². The topological polar surface area (TPSA) is 399 Å². The minimum Gasteiger partial charge on any atom is -0.493 e. The molecule has 33 nitrogen and oxygen atoms in total. The van der Waals surface area contributed by atoms with E-state index in [9.17, 15) is 46.8 Å². The molecule has 133 heavy (non-hydrogen) atoms. The van der Waals surface area contributed by atoms with E-state index in [4.69, 9.17) is 82.2 Å². The maximum Gasteiger partial charge on any atom is 0.415 e. The van der Waals surface area contributed by atoms with Crippen molar-refractivity contribution in [1.82, 2.24) is 55.1 Å². The van der Waals surface area contributed by atoms with Gasteiger partial charge in [-0.1, -0.05) is 90.1 Å². The average Bonchev–Trinajstić information content (AvgIpc) is 1.21. The van der Waals surface area contributed by atoms with Gasteiger partial charge in [-0.05, 0) is 203 Å². The average molecular weight is 1910 g/mol. The van der Waals surface area contributed by atoms with Crippen LogP contribution in [0.3, 0.4) is 0 Å². The summed E-state index contributed by atoms with van der Waals surface area (Å²) in [5.41, 5.74) is 14.1. The van der Waals surface area contributed by atoms with E-state index in [0.29, 0.717) is 177 Å². The predicted octanol–water partition coefficient (Wildman–Crippen LogP) is 12.1. The summed E-state index contributed by atoms with van der Waals surface area (Å²) >= 11 is 12.1. The Morgan fingerprint density at radius 3 is 1.36 bits per heavy atom. The number of morpholine rings is 2. The Balaban J connectivity index is 0.000000169. The second-order valence-electron chi connectivity index (χ2n) is 35.3. The number of para-hydroxylation sites is 2. The molecule has 10 fully saturated rings. The summed E-state index contributed by atoms with van der Waals surface area (Å²) in [4.78, 5) is 113. The SMILES string of the molecule is CCOC(=O)C1CCN(C(=O)Oc2ccccc2)CC1.CCOc1cc(N)c(Cl)cc1C(=O)NCC1CN(CC2CCN(C(=O)C3CCCC3)CC2)CCO1.CCOc1cc(N)c(Cl)cc1C(=O)NCC1CNCCO1.Cc1ccc(S(=O)(=O)OCC2CCN(C(=O)N3CCCC3)CC2)cc1.O=C(N1CCCC1)N1CCC(CO)CC1.O=C(Oc1ccccc1)N1CCC(CO)CC1. The number of esters is 1. The number of likely N-dealkylation sites (tertiary alicyclic amines) is 7. The van der Waals surface area contributed by atoms with E-state index in [1.165, 1.54) is 18.9 Å². The Kier molecular flexibility index (Phi) is 44.1. The fourth-order valence-corrected chi connectivity index (χ4v) is 18.8. The third-order valence-electron chi connectivity index (χ3n) is 25.6. The lowest BCUT2D eigenvalue weighted by atomic mass is 9.94. The highest BCUT2D eigenvalue weighted by molar-refractivity contribution is 7.86. The first-order valence-corrected chi connectivity index (χ1v) is 49.9. The maximum absolute atomic E-state index is 12.8. The van der Waals surface area contributed by atoms with Gasteiger partial charge in [0.15, 0.2) is 0 Å². The number of carbonyl (C=O) groups excluding carboxylic acids is 8. The number of aryl methyl sites for hydroxylation is 1. The number of nitrogens with one attached hydrogen (secondary N) is 3. The number of ether oxygens (including phenoxy) is 7. The first-order chi connectivity index (χ1) is 64.3. The van der Waals surface area contributed by atoms with Crippen LogP contribution in [0, 0.1) is 42.4 Å². The molecular formula is C97H141Cl2N13O20S. The van der Waals surface area contributed by atoms with E-state index >= 15 is 0 Å². The molecule has 734 valence electrons. The molecule has 5 aromatic carbocycles. The van der Waals surface area contributed by atoms with Gasteiger partial charge in [0.2, 0.25) is 5.91 Å². The third kappa shape index (κ3) is 34.1. The molecule has 9 heterocycles. The summed E-state index contributed by atoms with van der Waals surface area (Å²) in [6, 6.07) is 31.3. The van der Waals surface area contributed by atoms with Crippen LogP contribution in [0.1, 0.15) is 163 Å². The normalized spacial score (nSPS) is 19.6. The van der Waals surface area contributed by atoms with Crippen LogP contribution in [0.5, 0.6) is 23.0 Å². The molecule has 9 saturated heterocycles. The standard InChI is InChI=1S/C26H39ClN4O4.C18H26N2O4S.C15H19NO4.C14H20ClN3O3.C13H17NO3.C11H20N2O2/c1-2-34-24-14-23(28)22(27)13-21(24)25(32)29-15-20-17-30(11-12-35-20)16-18-7-9-31(10-8-18)26(33)19-5-3-4-6-19;1-15-4-6-17(7-5-15)25(22,23)24-14-16-8-12-20(13-9-16)18(21)19-10-2-3-11-19;1-2-19-14(17)12-8-10-16(11-9-12)15(18)20-13-6-4-3-5-7-13;1-2-20-13-6-12(16)11(15)5-10(13)14(19)18-8-9-7-17-3-4-21-9;15-10-11-6-8-14(9-7-11)13(16)17-12-4-2-1-3-5-12;14-9-10-3-7-13(8-4-10)11(15)12-5-1-2-6-12/h13-14,18-20H,2-12,15-17,28H2,1H3,(H,29,32);4-7,16H,2-3,8-14H2,1H3;3-7,12H,2,8-11H2,1H3;5-6,9,17H,2-4,7-8,16H2,1H3,(H,18,19);1-5,11,15H,6-10H2;10,14H,1-9H2. The second kappa shape index (κ2) is 55.5. The van der Waals surface area contributed by atoms with E-state index in [-0.39, 0.29) is 96.7 Å². The van der Waals surface area contributed by atoms with Gasteiger partial charge in [0.25, 0.3) is 21.9 Å². The number of piperidine rings is 5. The summed E-state index contributed by atoms with van der Waals surface area (Å²) < 4.78 is 67.7. The van der Waals surface area contributed by atoms with E-state index in [0.717, 1.165) is 181 Å². The minimum absolute atomic E-state index is 0.0255. The molecule has 15 rings (SSSR count). The molecule has 9 amide bonds. The molecule has 36 heteroatoms. The number of aliphatic hydroxyl groups excluding tert-OH is 2. The molecular weight excluding hydrogens is 1770 g/mol. The van der Waals surface area contributed by atoms with Gasteiger partial charge >= 0.3 is 30.2 Å². The van der Waals surface area contributed by atoms with Crippen LogP contribution in [0.25, 0.3) is 0 Å². The van der Waals surface area contributed by atoms with Crippen LogP contribution >= 0.6 is 23.2 Å². The van der Waals surface area contributed by atoms with Crippen molar-refractivity contribution in [2.75, 3.05) is 202 Å². The van der Waals surface area contributed by atoms with Crippen molar-refractivity contribution >= 4 is 92.6 Å². The highest BCUT2D eigenvalue weighted by Crippen LogP contribution is 2.34. The molecule has 9 N–H and O–H groups in total. The molecule has 0 aromatic heterocycles. The van der Waals surface area contributed by atoms with Crippen molar-refractivity contribution in [3.63, 3.8) is 0 Å². The third-order valence-corrected chi connectivity index (χ3v) is 27.5. The molecule has 0 spiro atoms. The molecule has 10 aliphatic rings. The van der Waals surface area contributed by atoms with Crippen molar-refractivity contribution in [2.24, 2.45) is 35.5 Å². The Bertz CT molecular complexity index is 4530. The molecule has 0 bridgehead atoms. The number of rotatable bonds is 23. The Morgan fingerprint density at radius 2 is 0.910 bits per heavy atom. The lowest BCUT2D eigenvalue weighted by molar-refractivity contribution is -0.149. The Morgan fingerprint density at radius 1 is 0.481 bits per heavy atom. The highest BCUT2D eigenvalue weighted by Gasteiger charge is 2.36. The van der Waals surface area contributed by atoms with Gasteiger partial charge in [-0.15, -0.1) is 0 Å². The van der Waals surface area contributed by atoms with E-state index in [1.807, 2.05) is 76.8 Å². The van der Waals surface area contributed by atoms with Crippen LogP contribution in [0.15, 0.2) is 114 Å². The van der Waals surface area contributed by atoms with Gasteiger partial charge in [0.05, 0.1) is 95.2 Å². The summed E-state index contributed by atoms with van der Waals surface area (Å²) in [5, 5.41) is 27.7. The summed E-state index contributed by atoms with van der Waals surface area (Å²) in [6.45, 7) is 26.4.